The van der Waals surface area contributed by atoms with Crippen LogP contribution < -0.4 is 9.62 Å². The lowest BCUT2D eigenvalue weighted by atomic mass is 10.0. The van der Waals surface area contributed by atoms with Gasteiger partial charge in [-0.1, -0.05) is 32.0 Å². The number of hydrogen-bond donors (Lipinski definition) is 1. The van der Waals surface area contributed by atoms with Gasteiger partial charge in [-0.3, -0.25) is 4.31 Å². The quantitative estimate of drug-likeness (QED) is 0.878. The first-order valence-corrected chi connectivity index (χ1v) is 9.53. The number of anilines is 1. The first-order chi connectivity index (χ1) is 10.1. The third kappa shape index (κ3) is 3.77. The van der Waals surface area contributed by atoms with Crippen molar-refractivity contribution < 1.29 is 8.42 Å². The Hall–Kier alpha value is -1.07. The van der Waals surface area contributed by atoms with Gasteiger partial charge in [-0.05, 0) is 43.9 Å². The van der Waals surface area contributed by atoms with Crippen molar-refractivity contribution in [2.24, 2.45) is 0 Å². The number of sulfonamides is 1. The van der Waals surface area contributed by atoms with Gasteiger partial charge in [0.25, 0.3) is 0 Å². The first-order valence-electron chi connectivity index (χ1n) is 7.93. The summed E-state index contributed by atoms with van der Waals surface area (Å²) >= 11 is 0. The Morgan fingerprint density at radius 3 is 2.71 bits per heavy atom. The molecule has 0 radical (unpaired) electrons. The van der Waals surface area contributed by atoms with Crippen LogP contribution in [0.15, 0.2) is 24.3 Å². The van der Waals surface area contributed by atoms with Gasteiger partial charge in [0, 0.05) is 12.6 Å². The molecule has 1 aromatic carbocycles. The largest absolute Gasteiger partial charge is 0.310 e. The van der Waals surface area contributed by atoms with E-state index in [1.807, 2.05) is 25.1 Å². The highest BCUT2D eigenvalue weighted by Crippen LogP contribution is 2.34. The predicted octanol–water partition coefficient (Wildman–Crippen LogP) is 3.07. The van der Waals surface area contributed by atoms with Crippen LogP contribution in [0.25, 0.3) is 0 Å². The molecule has 0 saturated heterocycles. The second kappa shape index (κ2) is 7.27. The van der Waals surface area contributed by atoms with E-state index >= 15 is 0 Å². The Morgan fingerprint density at radius 2 is 2.00 bits per heavy atom. The van der Waals surface area contributed by atoms with Crippen LogP contribution in [0, 0.1) is 0 Å². The molecule has 0 bridgehead atoms. The maximum atomic E-state index is 12.5. The Labute approximate surface area is 128 Å². The fraction of sp³-hybridized carbons (Fsp3) is 0.625. The summed E-state index contributed by atoms with van der Waals surface area (Å²) < 4.78 is 26.7. The maximum absolute atomic E-state index is 12.5. The van der Waals surface area contributed by atoms with Crippen molar-refractivity contribution in [3.63, 3.8) is 0 Å². The highest BCUT2D eigenvalue weighted by atomic mass is 32.2. The van der Waals surface area contributed by atoms with E-state index in [4.69, 9.17) is 0 Å². The van der Waals surface area contributed by atoms with Crippen molar-refractivity contribution in [1.82, 2.24) is 5.32 Å². The summed E-state index contributed by atoms with van der Waals surface area (Å²) in [6, 6.07) is 8.17. The van der Waals surface area contributed by atoms with E-state index in [0.29, 0.717) is 13.0 Å². The van der Waals surface area contributed by atoms with E-state index in [1.165, 1.54) is 0 Å². The van der Waals surface area contributed by atoms with Gasteiger partial charge in [-0.2, -0.15) is 0 Å². The number of benzene rings is 1. The van der Waals surface area contributed by atoms with Gasteiger partial charge in [0.2, 0.25) is 10.0 Å². The molecule has 0 aliphatic carbocycles. The molecule has 1 aliphatic rings. The van der Waals surface area contributed by atoms with Crippen LogP contribution in [0.4, 0.5) is 5.69 Å². The molecule has 0 aromatic heterocycles. The number of nitrogens with zero attached hydrogens (tertiary/aromatic N) is 1. The molecular weight excluding hydrogens is 284 g/mol. The molecule has 118 valence electrons. The van der Waals surface area contributed by atoms with E-state index < -0.39 is 10.0 Å². The molecule has 1 unspecified atom stereocenters. The van der Waals surface area contributed by atoms with Gasteiger partial charge in [-0.25, -0.2) is 8.42 Å². The van der Waals surface area contributed by atoms with Gasteiger partial charge in [0.1, 0.15) is 0 Å². The van der Waals surface area contributed by atoms with Gasteiger partial charge in [-0.15, -0.1) is 0 Å². The van der Waals surface area contributed by atoms with E-state index in [2.05, 4.69) is 18.3 Å². The highest BCUT2D eigenvalue weighted by molar-refractivity contribution is 7.92. The SMILES string of the molecule is CCCNC1CCCN(S(=O)(=O)CCC)c2ccccc21. The Bertz CT molecular complexity index is 557. The molecule has 1 heterocycles. The number of nitrogens with one attached hydrogen (secondary N) is 1. The smallest absolute Gasteiger partial charge is 0.235 e. The third-order valence-corrected chi connectivity index (χ3v) is 5.85. The van der Waals surface area contributed by atoms with E-state index in [9.17, 15) is 8.42 Å². The van der Waals surface area contributed by atoms with Gasteiger partial charge >= 0.3 is 0 Å². The molecule has 0 fully saturated rings. The summed E-state index contributed by atoms with van der Waals surface area (Å²) in [5.74, 6) is 0.217. The van der Waals surface area contributed by atoms with Crippen molar-refractivity contribution in [2.45, 2.75) is 45.6 Å². The Balaban J connectivity index is 2.37. The van der Waals surface area contributed by atoms with Crippen LogP contribution >= 0.6 is 0 Å². The highest BCUT2D eigenvalue weighted by Gasteiger charge is 2.28. The number of para-hydroxylation sites is 1. The molecular formula is C16H26N2O2S. The summed E-state index contributed by atoms with van der Waals surface area (Å²) in [6.07, 6.45) is 3.60. The Kier molecular flexibility index (Phi) is 5.65. The average Bonchev–Trinajstić information content (AvgIpc) is 2.65. The second-order valence-electron chi connectivity index (χ2n) is 5.60. The molecule has 0 spiro atoms. The molecule has 2 rings (SSSR count). The standard InChI is InChI=1S/C16H26N2O2S/c1-3-11-17-15-9-7-12-18(21(19,20)13-4-2)16-10-6-5-8-14(15)16/h5-6,8,10,15,17H,3-4,7,9,11-13H2,1-2H3. The molecule has 5 heteroatoms. The molecule has 1 aliphatic heterocycles. The number of rotatable bonds is 6. The molecule has 1 atom stereocenters. The van der Waals surface area contributed by atoms with Crippen LogP contribution in [0.2, 0.25) is 0 Å². The summed E-state index contributed by atoms with van der Waals surface area (Å²) in [5, 5.41) is 3.55. The first kappa shape index (κ1) is 16.3. The lowest BCUT2D eigenvalue weighted by molar-refractivity contribution is 0.497. The molecule has 21 heavy (non-hydrogen) atoms. The lowest BCUT2D eigenvalue weighted by Gasteiger charge is -2.25. The predicted molar refractivity (Wildman–Crippen MR) is 88.1 cm³/mol. The summed E-state index contributed by atoms with van der Waals surface area (Å²) in [4.78, 5) is 0. The summed E-state index contributed by atoms with van der Waals surface area (Å²) in [6.45, 7) is 5.60. The van der Waals surface area contributed by atoms with Crippen LogP contribution in [0.1, 0.15) is 51.1 Å². The minimum atomic E-state index is -3.21. The second-order valence-corrected chi connectivity index (χ2v) is 7.61. The molecule has 1 N–H and O–H groups in total. The monoisotopic (exact) mass is 310 g/mol. The third-order valence-electron chi connectivity index (χ3n) is 3.87. The fourth-order valence-electron chi connectivity index (χ4n) is 2.91. The molecule has 1 aromatic rings. The topological polar surface area (TPSA) is 49.4 Å². The van der Waals surface area contributed by atoms with Crippen LogP contribution in [-0.4, -0.2) is 27.3 Å². The zero-order chi connectivity index (χ0) is 15.3. The van der Waals surface area contributed by atoms with Crippen molar-refractivity contribution >= 4 is 15.7 Å². The molecule has 0 saturated carbocycles. The van der Waals surface area contributed by atoms with Crippen LogP contribution in [0.3, 0.4) is 0 Å². The summed E-state index contributed by atoms with van der Waals surface area (Å²) in [7, 11) is -3.21. The zero-order valence-electron chi connectivity index (χ0n) is 13.0. The number of fused-ring (bicyclic) bond motifs is 1. The maximum Gasteiger partial charge on any atom is 0.235 e. The van der Waals surface area contributed by atoms with Crippen LogP contribution in [-0.2, 0) is 10.0 Å². The molecule has 0 amide bonds. The Morgan fingerprint density at radius 1 is 1.24 bits per heavy atom. The van der Waals surface area contributed by atoms with Gasteiger partial charge in [0.05, 0.1) is 11.4 Å². The van der Waals surface area contributed by atoms with E-state index in [-0.39, 0.29) is 11.8 Å². The molecule has 4 nitrogen and oxygen atoms in total. The van der Waals surface area contributed by atoms with Crippen molar-refractivity contribution in [2.75, 3.05) is 23.1 Å². The summed E-state index contributed by atoms with van der Waals surface area (Å²) in [5.41, 5.74) is 1.97. The van der Waals surface area contributed by atoms with Crippen molar-refractivity contribution in [3.05, 3.63) is 29.8 Å². The number of hydrogen-bond acceptors (Lipinski definition) is 3. The minimum absolute atomic E-state index is 0.217. The van der Waals surface area contributed by atoms with E-state index in [0.717, 1.165) is 37.1 Å². The van der Waals surface area contributed by atoms with Gasteiger partial charge in [0.15, 0.2) is 0 Å². The van der Waals surface area contributed by atoms with Crippen LogP contribution in [0.5, 0.6) is 0 Å². The minimum Gasteiger partial charge on any atom is -0.310 e. The van der Waals surface area contributed by atoms with E-state index in [1.54, 1.807) is 4.31 Å². The van der Waals surface area contributed by atoms with Crippen molar-refractivity contribution in [1.29, 1.82) is 0 Å². The zero-order valence-corrected chi connectivity index (χ0v) is 13.8. The van der Waals surface area contributed by atoms with Crippen molar-refractivity contribution in [3.8, 4) is 0 Å². The fourth-order valence-corrected chi connectivity index (χ4v) is 4.52. The lowest BCUT2D eigenvalue weighted by Crippen LogP contribution is -2.33. The van der Waals surface area contributed by atoms with Gasteiger partial charge < -0.3 is 5.32 Å². The average molecular weight is 310 g/mol. The normalized spacial score (nSPS) is 19.1.